The van der Waals surface area contributed by atoms with E-state index in [1.807, 2.05) is 0 Å². The molecule has 0 fully saturated rings. The molecule has 2 heterocycles. The molecule has 50 heavy (non-hydrogen) atoms. The quantitative estimate of drug-likeness (QED) is 0.111. The fourth-order valence-corrected chi connectivity index (χ4v) is 4.65. The van der Waals surface area contributed by atoms with Crippen LogP contribution in [0.15, 0.2) is 65.6 Å². The third kappa shape index (κ3) is 10.2. The third-order valence-electron chi connectivity index (χ3n) is 7.47. The number of rotatable bonds is 17. The van der Waals surface area contributed by atoms with Crippen LogP contribution in [0, 0.1) is 17.5 Å². The van der Waals surface area contributed by atoms with Gasteiger partial charge in [0.05, 0.1) is 18.7 Å². The van der Waals surface area contributed by atoms with Gasteiger partial charge >= 0.3 is 0 Å². The zero-order chi connectivity index (χ0) is 36.4. The first-order valence-electron chi connectivity index (χ1n) is 15.5. The number of halogens is 3. The molecule has 13 nitrogen and oxygen atoms in total. The molecule has 2 aromatic carbocycles. The second kappa shape index (κ2) is 17.6. The Hall–Kier alpha value is -5.03. The second-order valence-electron chi connectivity index (χ2n) is 11.5. The normalized spacial score (nSPS) is 12.8. The monoisotopic (exact) mass is 700 g/mol. The number of aliphatic hydroxyl groups excluding tert-OH is 1. The molecule has 16 heteroatoms. The number of carbonyl (C=O) groups excluding carboxylic acids is 2. The van der Waals surface area contributed by atoms with Crippen LogP contribution in [0.25, 0.3) is 11.0 Å². The summed E-state index contributed by atoms with van der Waals surface area (Å²) in [5.74, 6) is -2.90. The standard InChI is InChI=1S/C34H39F3N6O7/c1-41(2)30(44)10-6-5-9-27(50-34(47)42(3)14-15-48-4)32(45)39-25-8-7-13-43(33(25)46)19-29-38-26-17-23(36)18-28(31(26)40-29)49-20-21-11-12-22(35)16-24(21)37/h6-8,10-13,16-18,27,34,47H,5,9,14-15,19-20H2,1-4H3,(H,38,40)(H,39,45)/b10-6+/t27-,34?/m0/s1. The van der Waals surface area contributed by atoms with Crippen LogP contribution in [-0.2, 0) is 32.2 Å². The van der Waals surface area contributed by atoms with E-state index in [0.717, 1.165) is 24.3 Å². The molecule has 4 rings (SSSR count). The summed E-state index contributed by atoms with van der Waals surface area (Å²) in [6, 6.07) is 8.21. The van der Waals surface area contributed by atoms with Gasteiger partial charge in [-0.25, -0.2) is 18.2 Å². The number of fused-ring (bicyclic) bond motifs is 1. The molecule has 2 aromatic heterocycles. The molecule has 0 saturated heterocycles. The van der Waals surface area contributed by atoms with Gasteiger partial charge in [0.15, 0.2) is 0 Å². The molecule has 0 radical (unpaired) electrons. The summed E-state index contributed by atoms with van der Waals surface area (Å²) in [7, 11) is 6.29. The molecule has 1 unspecified atom stereocenters. The van der Waals surface area contributed by atoms with Crippen molar-refractivity contribution in [3.8, 4) is 5.75 Å². The highest BCUT2D eigenvalue weighted by Crippen LogP contribution is 2.27. The van der Waals surface area contributed by atoms with Crippen molar-refractivity contribution in [2.24, 2.45) is 0 Å². The number of nitrogens with zero attached hydrogens (tertiary/aromatic N) is 4. The Bertz CT molecular complexity index is 1880. The molecular formula is C34H39F3N6O7. The Kier molecular flexibility index (Phi) is 13.3. The Balaban J connectivity index is 1.50. The van der Waals surface area contributed by atoms with Crippen molar-refractivity contribution in [1.29, 1.82) is 0 Å². The summed E-state index contributed by atoms with van der Waals surface area (Å²) in [6.07, 6.45) is 2.06. The van der Waals surface area contributed by atoms with Gasteiger partial charge in [0, 0.05) is 57.7 Å². The summed E-state index contributed by atoms with van der Waals surface area (Å²) in [5, 5.41) is 13.1. The topological polar surface area (TPSA) is 151 Å². The van der Waals surface area contributed by atoms with Crippen LogP contribution in [0.1, 0.15) is 24.2 Å². The van der Waals surface area contributed by atoms with Crippen LogP contribution in [0.4, 0.5) is 18.9 Å². The Morgan fingerprint density at radius 3 is 2.62 bits per heavy atom. The summed E-state index contributed by atoms with van der Waals surface area (Å²) < 4.78 is 59.4. The van der Waals surface area contributed by atoms with Crippen molar-refractivity contribution in [1.82, 2.24) is 24.3 Å². The van der Waals surface area contributed by atoms with Gasteiger partial charge in [-0.2, -0.15) is 0 Å². The summed E-state index contributed by atoms with van der Waals surface area (Å²) in [6.45, 7) is 0.188. The van der Waals surface area contributed by atoms with Gasteiger partial charge < -0.3 is 39.1 Å². The maximum atomic E-state index is 14.4. The lowest BCUT2D eigenvalue weighted by molar-refractivity contribution is -0.212. The van der Waals surface area contributed by atoms with E-state index >= 15 is 0 Å². The SMILES string of the molecule is COCCN(C)C(O)O[C@@H](CC/C=C/C(=O)N(C)C)C(=O)Nc1cccn(Cc2nc3cc(F)cc(OCc4ccc(F)cc4F)c3[nH]2)c1=O. The number of aliphatic hydroxyl groups is 1. The van der Waals surface area contributed by atoms with Crippen LogP contribution < -0.4 is 15.6 Å². The van der Waals surface area contributed by atoms with Gasteiger partial charge in [-0.05, 0) is 50.2 Å². The Morgan fingerprint density at radius 2 is 1.90 bits per heavy atom. The van der Waals surface area contributed by atoms with Gasteiger partial charge in [0.2, 0.25) is 12.3 Å². The largest absolute Gasteiger partial charge is 0.486 e. The van der Waals surface area contributed by atoms with E-state index < -0.39 is 41.4 Å². The van der Waals surface area contributed by atoms with Crippen LogP contribution in [0.5, 0.6) is 5.75 Å². The van der Waals surface area contributed by atoms with Crippen molar-refractivity contribution in [3.05, 3.63) is 100 Å². The first-order valence-corrected chi connectivity index (χ1v) is 15.5. The number of methoxy groups -OCH3 is 1. The van der Waals surface area contributed by atoms with Gasteiger partial charge in [-0.15, -0.1) is 0 Å². The molecular weight excluding hydrogens is 661 g/mol. The molecule has 4 aromatic rings. The predicted molar refractivity (Wildman–Crippen MR) is 178 cm³/mol. The van der Waals surface area contributed by atoms with Crippen LogP contribution in [0.3, 0.4) is 0 Å². The number of hydrogen-bond donors (Lipinski definition) is 3. The number of pyridine rings is 1. The number of ether oxygens (including phenoxy) is 3. The van der Waals surface area contributed by atoms with Gasteiger partial charge in [-0.3, -0.25) is 19.3 Å². The number of hydrogen-bond acceptors (Lipinski definition) is 9. The minimum absolute atomic E-state index is 0.0258. The summed E-state index contributed by atoms with van der Waals surface area (Å²) >= 11 is 0. The number of nitrogens with one attached hydrogen (secondary N) is 2. The van der Waals surface area contributed by atoms with Gasteiger partial charge in [0.25, 0.3) is 11.5 Å². The lowest BCUT2D eigenvalue weighted by Crippen LogP contribution is -2.43. The highest BCUT2D eigenvalue weighted by Gasteiger charge is 2.25. The van der Waals surface area contributed by atoms with E-state index in [-0.39, 0.29) is 65.8 Å². The van der Waals surface area contributed by atoms with E-state index in [4.69, 9.17) is 14.2 Å². The van der Waals surface area contributed by atoms with Crippen LogP contribution >= 0.6 is 0 Å². The zero-order valence-electron chi connectivity index (χ0n) is 28.0. The molecule has 0 aliphatic carbocycles. The number of amides is 2. The summed E-state index contributed by atoms with van der Waals surface area (Å²) in [5.41, 5.74) is -0.146. The van der Waals surface area contributed by atoms with Crippen molar-refractivity contribution in [3.63, 3.8) is 0 Å². The van der Waals surface area contributed by atoms with Gasteiger partial charge in [-0.1, -0.05) is 6.08 Å². The third-order valence-corrected chi connectivity index (χ3v) is 7.47. The first-order chi connectivity index (χ1) is 23.9. The molecule has 0 aliphatic heterocycles. The lowest BCUT2D eigenvalue weighted by Gasteiger charge is -2.27. The van der Waals surface area contributed by atoms with Crippen molar-refractivity contribution in [2.45, 2.75) is 38.5 Å². The molecule has 268 valence electrons. The van der Waals surface area contributed by atoms with Gasteiger partial charge in [0.1, 0.15) is 52.9 Å². The molecule has 2 amide bonds. The van der Waals surface area contributed by atoms with Crippen molar-refractivity contribution in [2.75, 3.05) is 46.7 Å². The van der Waals surface area contributed by atoms with Crippen LogP contribution in [0.2, 0.25) is 0 Å². The minimum Gasteiger partial charge on any atom is -0.486 e. The van der Waals surface area contributed by atoms with E-state index in [9.17, 15) is 32.7 Å². The zero-order valence-corrected chi connectivity index (χ0v) is 28.0. The minimum atomic E-state index is -1.47. The molecule has 0 saturated carbocycles. The maximum absolute atomic E-state index is 14.4. The number of allylic oxidation sites excluding steroid dienone is 1. The first kappa shape index (κ1) is 37.8. The number of aromatic nitrogens is 3. The van der Waals surface area contributed by atoms with Crippen LogP contribution in [-0.4, -0.2) is 95.2 Å². The molecule has 2 atom stereocenters. The molecule has 0 spiro atoms. The predicted octanol–water partition coefficient (Wildman–Crippen LogP) is 3.37. The fourth-order valence-electron chi connectivity index (χ4n) is 4.65. The lowest BCUT2D eigenvalue weighted by atomic mass is 10.1. The molecule has 0 bridgehead atoms. The smallest absolute Gasteiger partial charge is 0.274 e. The van der Waals surface area contributed by atoms with E-state index in [0.29, 0.717) is 13.2 Å². The molecule has 3 N–H and O–H groups in total. The Morgan fingerprint density at radius 1 is 1.12 bits per heavy atom. The van der Waals surface area contributed by atoms with E-state index in [1.54, 1.807) is 27.2 Å². The average Bonchev–Trinajstić information content (AvgIpc) is 3.48. The fraction of sp³-hybridized carbons (Fsp3) is 0.353. The average molecular weight is 701 g/mol. The highest BCUT2D eigenvalue weighted by atomic mass is 19.1. The number of carbonyl (C=O) groups is 2. The number of H-pyrrole nitrogens is 1. The number of likely N-dealkylation sites (N-methyl/N-ethyl adjacent to an activating group) is 2. The number of aromatic amines is 1. The Labute approximate surface area is 285 Å². The molecule has 0 aliphatic rings. The summed E-state index contributed by atoms with van der Waals surface area (Å²) in [4.78, 5) is 48.9. The highest BCUT2D eigenvalue weighted by molar-refractivity contribution is 5.94. The maximum Gasteiger partial charge on any atom is 0.274 e. The van der Waals surface area contributed by atoms with Crippen molar-refractivity contribution < 1.29 is 42.1 Å². The number of anilines is 1. The van der Waals surface area contributed by atoms with E-state index in [2.05, 4.69) is 15.3 Å². The number of imidazole rings is 1. The van der Waals surface area contributed by atoms with E-state index in [1.165, 1.54) is 51.9 Å². The van der Waals surface area contributed by atoms with Crippen molar-refractivity contribution >= 4 is 28.5 Å². The second-order valence-corrected chi connectivity index (χ2v) is 11.5. The number of benzene rings is 2.